The minimum absolute atomic E-state index is 0.0832. The Bertz CT molecular complexity index is 388. The van der Waals surface area contributed by atoms with Crippen molar-refractivity contribution in [1.29, 1.82) is 0 Å². The summed E-state index contributed by atoms with van der Waals surface area (Å²) in [5, 5.41) is 17.1. The Labute approximate surface area is 103 Å². The number of anilines is 1. The molecule has 0 aliphatic carbocycles. The van der Waals surface area contributed by atoms with Crippen molar-refractivity contribution < 1.29 is 5.11 Å². The van der Waals surface area contributed by atoms with Gasteiger partial charge in [0.05, 0.1) is 6.10 Å². The first-order valence-corrected chi connectivity index (χ1v) is 5.82. The topological polar surface area (TPSA) is 62.1 Å². The highest BCUT2D eigenvalue weighted by Crippen LogP contribution is 2.28. The Kier molecular flexibility index (Phi) is 3.47. The van der Waals surface area contributed by atoms with Gasteiger partial charge in [-0.2, -0.15) is 4.98 Å². The van der Waals surface area contributed by atoms with Crippen molar-refractivity contribution in [2.24, 2.45) is 5.92 Å². The molecule has 1 aromatic rings. The summed E-state index contributed by atoms with van der Waals surface area (Å²) in [4.78, 5) is 6.03. The lowest BCUT2D eigenvalue weighted by atomic mass is 10.0. The monoisotopic (exact) mass is 262 g/mol. The minimum Gasteiger partial charge on any atom is -0.393 e. The first kappa shape index (κ1) is 11.8. The highest BCUT2D eigenvalue weighted by atomic mass is 35.5. The molecule has 2 rings (SSSR count). The summed E-state index contributed by atoms with van der Waals surface area (Å²) in [6.45, 7) is 3.30. The highest BCUT2D eigenvalue weighted by molar-refractivity contribution is 6.32. The third kappa shape index (κ3) is 2.36. The van der Waals surface area contributed by atoms with Gasteiger partial charge in [0, 0.05) is 19.0 Å². The van der Waals surface area contributed by atoms with Crippen LogP contribution in [-0.4, -0.2) is 39.5 Å². The summed E-state index contributed by atoms with van der Waals surface area (Å²) in [6, 6.07) is 0. The molecule has 1 fully saturated rings. The fourth-order valence-corrected chi connectivity index (χ4v) is 2.18. The van der Waals surface area contributed by atoms with Gasteiger partial charge in [-0.25, -0.2) is 0 Å². The Morgan fingerprint density at radius 3 is 2.81 bits per heavy atom. The number of aliphatic hydroxyl groups is 1. The molecule has 88 valence electrons. The lowest BCUT2D eigenvalue weighted by Gasteiger charge is -2.18. The van der Waals surface area contributed by atoms with Crippen LogP contribution >= 0.6 is 23.2 Å². The zero-order chi connectivity index (χ0) is 11.7. The van der Waals surface area contributed by atoms with Crippen molar-refractivity contribution in [3.63, 3.8) is 0 Å². The van der Waals surface area contributed by atoms with Crippen LogP contribution in [0.25, 0.3) is 0 Å². The van der Waals surface area contributed by atoms with Crippen molar-refractivity contribution in [2.75, 3.05) is 18.0 Å². The van der Waals surface area contributed by atoms with E-state index in [1.807, 2.05) is 4.90 Å². The van der Waals surface area contributed by atoms with Crippen molar-refractivity contribution in [3.8, 4) is 0 Å². The van der Waals surface area contributed by atoms with E-state index in [0.717, 1.165) is 13.0 Å². The van der Waals surface area contributed by atoms with Crippen LogP contribution in [0.2, 0.25) is 10.4 Å². The zero-order valence-electron chi connectivity index (χ0n) is 8.77. The summed E-state index contributed by atoms with van der Waals surface area (Å²) in [6.07, 6.45) is 0.587. The number of nitrogens with zero attached hydrogens (tertiary/aromatic N) is 4. The van der Waals surface area contributed by atoms with Crippen LogP contribution in [0.15, 0.2) is 0 Å². The molecule has 1 aromatic heterocycles. The van der Waals surface area contributed by atoms with Crippen LogP contribution in [0.5, 0.6) is 0 Å². The summed E-state index contributed by atoms with van der Waals surface area (Å²) in [5.41, 5.74) is 0. The van der Waals surface area contributed by atoms with Crippen LogP contribution < -0.4 is 4.90 Å². The minimum atomic E-state index is -0.325. The van der Waals surface area contributed by atoms with Gasteiger partial charge in [-0.1, -0.05) is 11.6 Å². The van der Waals surface area contributed by atoms with E-state index in [-0.39, 0.29) is 22.5 Å². The van der Waals surface area contributed by atoms with Gasteiger partial charge in [-0.15, -0.1) is 10.2 Å². The van der Waals surface area contributed by atoms with Gasteiger partial charge in [0.2, 0.25) is 5.28 Å². The molecule has 16 heavy (non-hydrogen) atoms. The third-order valence-corrected chi connectivity index (χ3v) is 3.21. The van der Waals surface area contributed by atoms with E-state index in [9.17, 15) is 5.11 Å². The highest BCUT2D eigenvalue weighted by Gasteiger charge is 2.28. The first-order chi connectivity index (χ1) is 7.58. The van der Waals surface area contributed by atoms with E-state index in [1.54, 1.807) is 6.92 Å². The summed E-state index contributed by atoms with van der Waals surface area (Å²) < 4.78 is 0. The normalized spacial score (nSPS) is 22.5. The van der Waals surface area contributed by atoms with E-state index >= 15 is 0 Å². The molecule has 1 aliphatic rings. The Balaban J connectivity index is 2.17. The SMILES string of the molecule is CC(O)C1CCN(c2nc(Cl)nnc2Cl)C1. The number of hydrogen-bond donors (Lipinski definition) is 1. The summed E-state index contributed by atoms with van der Waals surface area (Å²) >= 11 is 11.6. The Hall–Kier alpha value is -0.650. The van der Waals surface area contributed by atoms with Gasteiger partial charge in [0.15, 0.2) is 11.0 Å². The van der Waals surface area contributed by atoms with Crippen LogP contribution in [0.1, 0.15) is 13.3 Å². The van der Waals surface area contributed by atoms with Crippen LogP contribution in [0.3, 0.4) is 0 Å². The first-order valence-electron chi connectivity index (χ1n) is 5.06. The predicted molar refractivity (Wildman–Crippen MR) is 61.8 cm³/mol. The summed E-state index contributed by atoms with van der Waals surface area (Å²) in [5.74, 6) is 0.787. The molecule has 2 unspecified atom stereocenters. The number of aromatic nitrogens is 3. The maximum Gasteiger partial charge on any atom is 0.245 e. The third-order valence-electron chi connectivity index (χ3n) is 2.81. The lowest BCUT2D eigenvalue weighted by molar-refractivity contribution is 0.136. The molecule has 1 N–H and O–H groups in total. The largest absolute Gasteiger partial charge is 0.393 e. The van der Waals surface area contributed by atoms with Gasteiger partial charge in [0.1, 0.15) is 0 Å². The van der Waals surface area contributed by atoms with Gasteiger partial charge in [-0.05, 0) is 24.9 Å². The number of aliphatic hydroxyl groups excluding tert-OH is 1. The molecule has 1 aliphatic heterocycles. The predicted octanol–water partition coefficient (Wildman–Crippen LogP) is 1.39. The van der Waals surface area contributed by atoms with E-state index in [2.05, 4.69) is 15.2 Å². The molecule has 0 spiro atoms. The zero-order valence-corrected chi connectivity index (χ0v) is 10.3. The second-order valence-corrected chi connectivity index (χ2v) is 4.63. The quantitative estimate of drug-likeness (QED) is 0.873. The fourth-order valence-electron chi connectivity index (χ4n) is 1.86. The molecule has 0 amide bonds. The molecule has 0 aromatic carbocycles. The van der Waals surface area contributed by atoms with Gasteiger partial charge in [-0.3, -0.25) is 0 Å². The van der Waals surface area contributed by atoms with Gasteiger partial charge in [0.25, 0.3) is 0 Å². The van der Waals surface area contributed by atoms with Crippen LogP contribution in [-0.2, 0) is 0 Å². The maximum absolute atomic E-state index is 9.51. The number of rotatable bonds is 2. The van der Waals surface area contributed by atoms with Gasteiger partial charge >= 0.3 is 0 Å². The molecule has 5 nitrogen and oxygen atoms in total. The van der Waals surface area contributed by atoms with E-state index in [4.69, 9.17) is 23.2 Å². The average molecular weight is 263 g/mol. The van der Waals surface area contributed by atoms with Crippen molar-refractivity contribution in [3.05, 3.63) is 10.4 Å². The average Bonchev–Trinajstić information content (AvgIpc) is 2.70. The van der Waals surface area contributed by atoms with Crippen molar-refractivity contribution in [1.82, 2.24) is 15.2 Å². The fraction of sp³-hybridized carbons (Fsp3) is 0.667. The number of halogens is 2. The number of hydrogen-bond acceptors (Lipinski definition) is 5. The molecule has 2 atom stereocenters. The van der Waals surface area contributed by atoms with E-state index < -0.39 is 0 Å². The van der Waals surface area contributed by atoms with E-state index in [1.165, 1.54) is 0 Å². The second-order valence-electron chi connectivity index (χ2n) is 3.93. The standard InChI is InChI=1S/C9H12Cl2N4O/c1-5(16)6-2-3-15(4-6)8-7(10)13-14-9(11)12-8/h5-6,16H,2-4H2,1H3. The van der Waals surface area contributed by atoms with E-state index in [0.29, 0.717) is 12.4 Å². The molecule has 7 heteroatoms. The molecule has 0 bridgehead atoms. The van der Waals surface area contributed by atoms with Gasteiger partial charge < -0.3 is 10.0 Å². The molecule has 1 saturated heterocycles. The maximum atomic E-state index is 9.51. The smallest absolute Gasteiger partial charge is 0.245 e. The Morgan fingerprint density at radius 2 is 2.19 bits per heavy atom. The van der Waals surface area contributed by atoms with Crippen molar-refractivity contribution in [2.45, 2.75) is 19.4 Å². The second kappa shape index (κ2) is 4.69. The molecular formula is C9H12Cl2N4O. The van der Waals surface area contributed by atoms with Crippen LogP contribution in [0.4, 0.5) is 5.82 Å². The van der Waals surface area contributed by atoms with Crippen LogP contribution in [0, 0.1) is 5.92 Å². The molecule has 0 saturated carbocycles. The Morgan fingerprint density at radius 1 is 1.44 bits per heavy atom. The molecule has 2 heterocycles. The summed E-state index contributed by atoms with van der Waals surface area (Å²) in [7, 11) is 0. The molecular weight excluding hydrogens is 251 g/mol. The lowest BCUT2D eigenvalue weighted by Crippen LogP contribution is -2.25. The van der Waals surface area contributed by atoms with Crippen molar-refractivity contribution >= 4 is 29.0 Å². The molecule has 0 radical (unpaired) electrons.